The van der Waals surface area contributed by atoms with E-state index in [4.69, 9.17) is 9.47 Å². The van der Waals surface area contributed by atoms with Gasteiger partial charge in [0.25, 0.3) is 0 Å². The number of hydrogen-bond acceptors (Lipinski definition) is 4. The van der Waals surface area contributed by atoms with Crippen LogP contribution in [0.25, 0.3) is 0 Å². The molecule has 0 amide bonds. The molecule has 1 aromatic rings. The summed E-state index contributed by atoms with van der Waals surface area (Å²) >= 11 is 0. The molecular weight excluding hydrogens is 250 g/mol. The van der Waals surface area contributed by atoms with Crippen LogP contribution in [-0.4, -0.2) is 31.8 Å². The van der Waals surface area contributed by atoms with Gasteiger partial charge in [0.05, 0.1) is 6.61 Å². The molecule has 5 heteroatoms. The van der Waals surface area contributed by atoms with Crippen molar-refractivity contribution < 1.29 is 31.3 Å². The van der Waals surface area contributed by atoms with Crippen molar-refractivity contribution in [2.24, 2.45) is 0 Å². The van der Waals surface area contributed by atoms with Crippen molar-refractivity contribution in [2.45, 2.75) is 6.10 Å². The van der Waals surface area contributed by atoms with Crippen molar-refractivity contribution >= 4 is 5.97 Å². The molecule has 0 bridgehead atoms. The van der Waals surface area contributed by atoms with Gasteiger partial charge >= 0.3 is 5.97 Å². The van der Waals surface area contributed by atoms with Gasteiger partial charge in [-0.3, -0.25) is 0 Å². The second-order valence-electron chi connectivity index (χ2n) is 3.30. The summed E-state index contributed by atoms with van der Waals surface area (Å²) in [6.07, 6.45) is -0.487. The average Bonchev–Trinajstić information content (AvgIpc) is 2.31. The van der Waals surface area contributed by atoms with Gasteiger partial charge in [-0.2, -0.15) is 0 Å². The Balaban J connectivity index is 0.00000128. The molecule has 0 aromatic heterocycles. The topological polar surface area (TPSA) is 47.6 Å². The van der Waals surface area contributed by atoms with Gasteiger partial charge in [0.1, 0.15) is 5.75 Å². The Bertz CT molecular complexity index is 325. The number of nitrogens with one attached hydrogen (secondary N) is 1. The Hall–Kier alpha value is -0.871. The number of rotatable bonds is 2. The minimum Gasteiger partial charge on any atom is -0.425 e. The second kappa shape index (κ2) is 6.66. The number of esters is 1. The summed E-state index contributed by atoms with van der Waals surface area (Å²) in [4.78, 5) is 11.6. The summed E-state index contributed by atoms with van der Waals surface area (Å²) in [7, 11) is 0. The van der Waals surface area contributed by atoms with Crippen LogP contribution >= 0.6 is 0 Å². The monoisotopic (exact) mass is 263 g/mol. The number of benzene rings is 1. The Morgan fingerprint density at radius 3 is 2.75 bits per heavy atom. The summed E-state index contributed by atoms with van der Waals surface area (Å²) in [6.45, 7) is 1.86. The molecule has 1 aromatic carbocycles. The molecule has 1 N–H and O–H groups in total. The van der Waals surface area contributed by atoms with Crippen LogP contribution in [0.4, 0.5) is 0 Å². The number of carbonyl (C=O) groups is 1. The minimum atomic E-state index is -0.487. The van der Waals surface area contributed by atoms with Crippen LogP contribution in [0.1, 0.15) is 0 Å². The fourth-order valence-electron chi connectivity index (χ4n) is 1.39. The van der Waals surface area contributed by atoms with Gasteiger partial charge in [0.2, 0.25) is 0 Å². The molecule has 1 atom stereocenters. The number of ether oxygens (including phenoxy) is 2. The van der Waals surface area contributed by atoms with Crippen LogP contribution in [0.3, 0.4) is 0 Å². The minimum absolute atomic E-state index is 0. The zero-order valence-corrected chi connectivity index (χ0v) is 9.77. The van der Waals surface area contributed by atoms with Crippen molar-refractivity contribution in [3.63, 3.8) is 0 Å². The molecule has 1 fully saturated rings. The van der Waals surface area contributed by atoms with E-state index < -0.39 is 6.10 Å². The predicted octanol–water partition coefficient (Wildman–Crippen LogP) is 0.578. The molecule has 1 aliphatic rings. The summed E-state index contributed by atoms with van der Waals surface area (Å²) in [5.41, 5.74) is 0. The van der Waals surface area contributed by atoms with E-state index >= 15 is 0 Å². The second-order valence-corrected chi connectivity index (χ2v) is 3.30. The van der Waals surface area contributed by atoms with Gasteiger partial charge in [0, 0.05) is 30.2 Å². The van der Waals surface area contributed by atoms with Crippen LogP contribution in [-0.2, 0) is 26.6 Å². The number of para-hydroxylation sites is 1. The van der Waals surface area contributed by atoms with Gasteiger partial charge in [-0.05, 0) is 12.1 Å². The van der Waals surface area contributed by atoms with Crippen LogP contribution in [0.2, 0.25) is 0 Å². The van der Waals surface area contributed by atoms with Gasteiger partial charge in [-0.25, -0.2) is 4.79 Å². The largest absolute Gasteiger partial charge is 0.425 e. The molecule has 0 saturated carbocycles. The molecule has 2 rings (SSSR count). The van der Waals surface area contributed by atoms with Crippen LogP contribution in [0.15, 0.2) is 30.3 Å². The van der Waals surface area contributed by atoms with E-state index in [1.165, 1.54) is 0 Å². The standard InChI is InChI=1S/C11H13NO3.Fe/c13-11(10-8-12-6-7-14-10)15-9-4-2-1-3-5-9;/h1-5,10,12H,6-8H2;. The summed E-state index contributed by atoms with van der Waals surface area (Å²) < 4.78 is 10.4. The molecule has 4 nitrogen and oxygen atoms in total. The molecule has 88 valence electrons. The SMILES string of the molecule is O=C(Oc1ccccc1)C1CNCCO1.[Fe]. The van der Waals surface area contributed by atoms with Gasteiger partial charge in [-0.15, -0.1) is 0 Å². The number of morpholine rings is 1. The van der Waals surface area contributed by atoms with Crippen molar-refractivity contribution in [2.75, 3.05) is 19.7 Å². The van der Waals surface area contributed by atoms with E-state index in [1.807, 2.05) is 18.2 Å². The van der Waals surface area contributed by atoms with E-state index in [1.54, 1.807) is 12.1 Å². The van der Waals surface area contributed by atoms with E-state index in [-0.39, 0.29) is 23.0 Å². The van der Waals surface area contributed by atoms with E-state index in [0.717, 1.165) is 6.54 Å². The molecule has 1 saturated heterocycles. The maximum atomic E-state index is 11.6. The third-order valence-electron chi connectivity index (χ3n) is 2.15. The molecule has 1 aliphatic heterocycles. The third-order valence-corrected chi connectivity index (χ3v) is 2.15. The van der Waals surface area contributed by atoms with Crippen LogP contribution in [0.5, 0.6) is 5.75 Å². The Labute approximate surface area is 105 Å². The van der Waals surface area contributed by atoms with E-state index in [2.05, 4.69) is 5.32 Å². The van der Waals surface area contributed by atoms with Crippen LogP contribution in [0, 0.1) is 0 Å². The first-order valence-corrected chi connectivity index (χ1v) is 4.95. The van der Waals surface area contributed by atoms with Crippen molar-refractivity contribution in [1.82, 2.24) is 5.32 Å². The van der Waals surface area contributed by atoms with Gasteiger partial charge in [0.15, 0.2) is 6.10 Å². The molecule has 0 aliphatic carbocycles. The zero-order valence-electron chi connectivity index (χ0n) is 8.66. The average molecular weight is 263 g/mol. The Morgan fingerprint density at radius 2 is 2.12 bits per heavy atom. The third kappa shape index (κ3) is 3.61. The van der Waals surface area contributed by atoms with Crippen LogP contribution < -0.4 is 10.1 Å². The Morgan fingerprint density at radius 1 is 1.38 bits per heavy atom. The predicted molar refractivity (Wildman–Crippen MR) is 54.7 cm³/mol. The smallest absolute Gasteiger partial charge is 0.341 e. The Kier molecular flexibility index (Phi) is 5.49. The maximum Gasteiger partial charge on any atom is 0.341 e. The molecule has 0 spiro atoms. The maximum absolute atomic E-state index is 11.6. The first kappa shape index (κ1) is 13.2. The van der Waals surface area contributed by atoms with Gasteiger partial charge in [-0.1, -0.05) is 18.2 Å². The number of hydrogen-bond donors (Lipinski definition) is 1. The first-order chi connectivity index (χ1) is 7.36. The van der Waals surface area contributed by atoms with Crippen molar-refractivity contribution in [1.29, 1.82) is 0 Å². The van der Waals surface area contributed by atoms with E-state index in [0.29, 0.717) is 18.9 Å². The number of carbonyl (C=O) groups excluding carboxylic acids is 1. The molecule has 0 radical (unpaired) electrons. The van der Waals surface area contributed by atoms with Gasteiger partial charge < -0.3 is 14.8 Å². The van der Waals surface area contributed by atoms with Crippen molar-refractivity contribution in [3.05, 3.63) is 30.3 Å². The fourth-order valence-corrected chi connectivity index (χ4v) is 1.39. The zero-order chi connectivity index (χ0) is 10.5. The molecule has 1 heterocycles. The molecule has 16 heavy (non-hydrogen) atoms. The molecule has 1 unspecified atom stereocenters. The summed E-state index contributed by atoms with van der Waals surface area (Å²) in [5, 5.41) is 3.08. The fraction of sp³-hybridized carbons (Fsp3) is 0.364. The summed E-state index contributed by atoms with van der Waals surface area (Å²) in [6, 6.07) is 9.00. The summed E-state index contributed by atoms with van der Waals surface area (Å²) in [5.74, 6) is 0.213. The first-order valence-electron chi connectivity index (χ1n) is 4.95. The van der Waals surface area contributed by atoms with Crippen molar-refractivity contribution in [3.8, 4) is 5.75 Å². The normalized spacial score (nSPS) is 19.6. The van der Waals surface area contributed by atoms with E-state index in [9.17, 15) is 4.79 Å². The molecular formula is C11H13FeNO3. The quantitative estimate of drug-likeness (QED) is 0.481.